The lowest BCUT2D eigenvalue weighted by Gasteiger charge is -2.25. The smallest absolute Gasteiger partial charge is 0.431 e. The van der Waals surface area contributed by atoms with Gasteiger partial charge in [0.2, 0.25) is 0 Å². The topological polar surface area (TPSA) is 26.3 Å². The highest BCUT2D eigenvalue weighted by Crippen LogP contribution is 2.35. The van der Waals surface area contributed by atoms with Crippen LogP contribution in [0.5, 0.6) is 0 Å². The third-order valence-electron chi connectivity index (χ3n) is 2.99. The molecule has 7 heteroatoms. The third-order valence-corrected chi connectivity index (χ3v) is 2.99. The first kappa shape index (κ1) is 16.2. The van der Waals surface area contributed by atoms with Gasteiger partial charge in [0.1, 0.15) is 0 Å². The lowest BCUT2D eigenvalue weighted by molar-refractivity contribution is -0.263. The van der Waals surface area contributed by atoms with Crippen LogP contribution in [0, 0.1) is 0 Å². The number of benzene rings is 2. The summed E-state index contributed by atoms with van der Waals surface area (Å²) in [5, 5.41) is 0.916. The van der Waals surface area contributed by atoms with E-state index in [9.17, 15) is 26.7 Å². The Labute approximate surface area is 122 Å². The number of esters is 1. The summed E-state index contributed by atoms with van der Waals surface area (Å²) in [5.41, 5.74) is -0.198. The zero-order valence-corrected chi connectivity index (χ0v) is 11.3. The third kappa shape index (κ3) is 3.35. The van der Waals surface area contributed by atoms with E-state index in [2.05, 4.69) is 4.74 Å². The summed E-state index contributed by atoms with van der Waals surface area (Å²) >= 11 is 0. The number of hydrogen-bond donors (Lipinski definition) is 0. The molecule has 0 aliphatic rings. The molecule has 2 aromatic rings. The summed E-state index contributed by atoms with van der Waals surface area (Å²) in [6.07, 6.45) is -8.86. The van der Waals surface area contributed by atoms with Crippen LogP contribution < -0.4 is 0 Å². The highest BCUT2D eigenvalue weighted by Gasteiger charge is 2.56. The van der Waals surface area contributed by atoms with Crippen molar-refractivity contribution in [2.75, 3.05) is 0 Å². The first-order valence-electron chi connectivity index (χ1n) is 6.24. The van der Waals surface area contributed by atoms with Gasteiger partial charge >= 0.3 is 12.1 Å². The Bertz CT molecular complexity index is 669. The van der Waals surface area contributed by atoms with E-state index >= 15 is 0 Å². The van der Waals surface area contributed by atoms with Gasteiger partial charge in [-0.25, -0.2) is 13.6 Å². The SMILES string of the molecule is CC(F)(F)C(OC(=O)c1cccc2ccccc12)C(F)(F)F. The molecular formula is C15H11F5O2. The van der Waals surface area contributed by atoms with Crippen molar-refractivity contribution in [1.29, 1.82) is 0 Å². The van der Waals surface area contributed by atoms with Crippen LogP contribution in [0.15, 0.2) is 42.5 Å². The summed E-state index contributed by atoms with van der Waals surface area (Å²) in [6, 6.07) is 10.7. The van der Waals surface area contributed by atoms with Crippen molar-refractivity contribution in [1.82, 2.24) is 0 Å². The fraction of sp³-hybridized carbons (Fsp3) is 0.267. The molecule has 2 rings (SSSR count). The maximum Gasteiger partial charge on any atom is 0.431 e. The zero-order valence-electron chi connectivity index (χ0n) is 11.3. The fourth-order valence-corrected chi connectivity index (χ4v) is 2.03. The summed E-state index contributed by atoms with van der Waals surface area (Å²) in [5.74, 6) is -5.68. The molecule has 2 nitrogen and oxygen atoms in total. The van der Waals surface area contributed by atoms with Crippen molar-refractivity contribution in [3.63, 3.8) is 0 Å². The van der Waals surface area contributed by atoms with E-state index in [4.69, 9.17) is 0 Å². The molecule has 0 amide bonds. The Kier molecular flexibility index (Phi) is 4.08. The molecule has 0 saturated carbocycles. The van der Waals surface area contributed by atoms with Crippen molar-refractivity contribution in [2.45, 2.75) is 25.1 Å². The molecule has 22 heavy (non-hydrogen) atoms. The maximum atomic E-state index is 13.1. The predicted octanol–water partition coefficient (Wildman–Crippen LogP) is 4.58. The normalized spacial score (nSPS) is 13.9. The van der Waals surface area contributed by atoms with E-state index in [0.29, 0.717) is 10.8 Å². The Morgan fingerprint density at radius 1 is 1.00 bits per heavy atom. The number of alkyl halides is 5. The van der Waals surface area contributed by atoms with Crippen LogP contribution in [0.4, 0.5) is 22.0 Å². The van der Waals surface area contributed by atoms with E-state index < -0.39 is 24.2 Å². The number of carbonyl (C=O) groups is 1. The zero-order chi connectivity index (χ0) is 16.5. The minimum Gasteiger partial charge on any atom is -0.443 e. The van der Waals surface area contributed by atoms with Crippen molar-refractivity contribution in [3.8, 4) is 0 Å². The molecular weight excluding hydrogens is 307 g/mol. The molecule has 0 N–H and O–H groups in total. The minimum atomic E-state index is -5.36. The van der Waals surface area contributed by atoms with Crippen LogP contribution in [0.1, 0.15) is 17.3 Å². The number of carbonyl (C=O) groups excluding carboxylic acids is 1. The first-order valence-corrected chi connectivity index (χ1v) is 6.24. The Morgan fingerprint density at radius 3 is 2.18 bits per heavy atom. The van der Waals surface area contributed by atoms with E-state index in [0.717, 1.165) is 0 Å². The minimum absolute atomic E-state index is 0.0571. The van der Waals surface area contributed by atoms with Gasteiger partial charge in [0.05, 0.1) is 5.56 Å². The highest BCUT2D eigenvalue weighted by molar-refractivity contribution is 6.04. The summed E-state index contributed by atoms with van der Waals surface area (Å²) in [4.78, 5) is 11.9. The van der Waals surface area contributed by atoms with Gasteiger partial charge in [-0.15, -0.1) is 0 Å². The van der Waals surface area contributed by atoms with Gasteiger partial charge in [-0.05, 0) is 16.8 Å². The molecule has 0 fully saturated rings. The van der Waals surface area contributed by atoms with Crippen molar-refractivity contribution >= 4 is 16.7 Å². The molecule has 118 valence electrons. The number of halogens is 5. The monoisotopic (exact) mass is 318 g/mol. The van der Waals surface area contributed by atoms with E-state index in [1.54, 1.807) is 24.3 Å². The van der Waals surface area contributed by atoms with Gasteiger partial charge in [-0.1, -0.05) is 36.4 Å². The average molecular weight is 318 g/mol. The lowest BCUT2D eigenvalue weighted by Crippen LogP contribution is -2.46. The van der Waals surface area contributed by atoms with Gasteiger partial charge in [0.15, 0.2) is 0 Å². The van der Waals surface area contributed by atoms with Crippen molar-refractivity contribution in [3.05, 3.63) is 48.0 Å². The Hall–Kier alpha value is -2.18. The van der Waals surface area contributed by atoms with Crippen molar-refractivity contribution < 1.29 is 31.5 Å². The maximum absolute atomic E-state index is 13.1. The van der Waals surface area contributed by atoms with Crippen molar-refractivity contribution in [2.24, 2.45) is 0 Å². The standard InChI is InChI=1S/C15H11F5O2/c1-14(16,17)13(15(18,19)20)22-12(21)11-8-4-6-9-5-2-3-7-10(9)11/h2-8,13H,1H3. The van der Waals surface area contributed by atoms with E-state index in [1.807, 2.05) is 0 Å². The molecule has 0 bridgehead atoms. The molecule has 0 radical (unpaired) electrons. The lowest BCUT2D eigenvalue weighted by atomic mass is 10.0. The molecule has 0 heterocycles. The van der Waals surface area contributed by atoms with Crippen LogP contribution in [0.25, 0.3) is 10.8 Å². The van der Waals surface area contributed by atoms with Gasteiger partial charge in [0.25, 0.3) is 12.0 Å². The summed E-state index contributed by atoms with van der Waals surface area (Å²) in [7, 11) is 0. The molecule has 0 aliphatic carbocycles. The van der Waals surface area contributed by atoms with Gasteiger partial charge in [0, 0.05) is 6.92 Å². The molecule has 0 spiro atoms. The fourth-order valence-electron chi connectivity index (χ4n) is 2.03. The van der Waals surface area contributed by atoms with Crippen LogP contribution in [-0.4, -0.2) is 24.2 Å². The number of hydrogen-bond acceptors (Lipinski definition) is 2. The molecule has 2 aromatic carbocycles. The van der Waals surface area contributed by atoms with Crippen LogP contribution in [0.2, 0.25) is 0 Å². The average Bonchev–Trinajstić information content (AvgIpc) is 2.41. The van der Waals surface area contributed by atoms with Gasteiger partial charge in [-0.3, -0.25) is 0 Å². The largest absolute Gasteiger partial charge is 0.443 e. The van der Waals surface area contributed by atoms with Crippen LogP contribution >= 0.6 is 0 Å². The van der Waals surface area contributed by atoms with E-state index in [-0.39, 0.29) is 12.5 Å². The summed E-state index contributed by atoms with van der Waals surface area (Å²) in [6.45, 7) is 0.0571. The van der Waals surface area contributed by atoms with Gasteiger partial charge < -0.3 is 4.74 Å². The van der Waals surface area contributed by atoms with Crippen LogP contribution in [-0.2, 0) is 4.74 Å². The quantitative estimate of drug-likeness (QED) is 0.611. The van der Waals surface area contributed by atoms with E-state index in [1.165, 1.54) is 18.2 Å². The molecule has 0 saturated heterocycles. The van der Waals surface area contributed by atoms with Gasteiger partial charge in [-0.2, -0.15) is 13.2 Å². The molecule has 1 atom stereocenters. The molecule has 1 unspecified atom stereocenters. The molecule has 0 aromatic heterocycles. The number of ether oxygens (including phenoxy) is 1. The highest BCUT2D eigenvalue weighted by atomic mass is 19.4. The summed E-state index contributed by atoms with van der Waals surface area (Å²) < 4.78 is 68.2. The number of fused-ring (bicyclic) bond motifs is 1. The second-order valence-corrected chi connectivity index (χ2v) is 4.81. The van der Waals surface area contributed by atoms with Crippen LogP contribution in [0.3, 0.4) is 0 Å². The predicted molar refractivity (Wildman–Crippen MR) is 69.8 cm³/mol. The Morgan fingerprint density at radius 2 is 1.59 bits per heavy atom. The second kappa shape index (κ2) is 5.55. The molecule has 0 aliphatic heterocycles. The first-order chi connectivity index (χ1) is 10.1. The Balaban J connectivity index is 2.38. The second-order valence-electron chi connectivity index (χ2n) is 4.81. The number of rotatable bonds is 3.